The SMILES string of the molecule is CC(C)(CNS(=O)(=O)c1ccc(/N=N/c2ccccc2)cc1)OCCC(C)(C)C(=O)O. The van der Waals surface area contributed by atoms with Gasteiger partial charge in [0.25, 0.3) is 0 Å². The van der Waals surface area contributed by atoms with Gasteiger partial charge in [-0.3, -0.25) is 4.79 Å². The number of hydrogen-bond donors (Lipinski definition) is 2. The van der Waals surface area contributed by atoms with Crippen LogP contribution in [0.4, 0.5) is 11.4 Å². The Morgan fingerprint density at radius 3 is 2.06 bits per heavy atom. The maximum absolute atomic E-state index is 12.6. The molecule has 0 saturated heterocycles. The number of nitrogens with one attached hydrogen (secondary N) is 1. The molecule has 0 aromatic heterocycles. The molecule has 0 fully saturated rings. The highest BCUT2D eigenvalue weighted by Gasteiger charge is 2.29. The predicted octanol–water partition coefficient (Wildman–Crippen LogP) is 4.68. The summed E-state index contributed by atoms with van der Waals surface area (Å²) in [7, 11) is -3.74. The number of azo groups is 1. The Labute approximate surface area is 183 Å². The smallest absolute Gasteiger partial charge is 0.309 e. The molecule has 0 radical (unpaired) electrons. The van der Waals surface area contributed by atoms with E-state index in [2.05, 4.69) is 15.0 Å². The lowest BCUT2D eigenvalue weighted by molar-refractivity contribution is -0.148. The van der Waals surface area contributed by atoms with E-state index in [0.717, 1.165) is 0 Å². The van der Waals surface area contributed by atoms with Gasteiger partial charge in [0.15, 0.2) is 0 Å². The Morgan fingerprint density at radius 1 is 0.968 bits per heavy atom. The van der Waals surface area contributed by atoms with Gasteiger partial charge >= 0.3 is 5.97 Å². The van der Waals surface area contributed by atoms with E-state index >= 15 is 0 Å². The Bertz CT molecular complexity index is 1000. The zero-order valence-electron chi connectivity index (χ0n) is 18.2. The normalized spacial score (nSPS) is 12.9. The van der Waals surface area contributed by atoms with Crippen LogP contribution in [0.3, 0.4) is 0 Å². The zero-order valence-corrected chi connectivity index (χ0v) is 19.0. The van der Waals surface area contributed by atoms with Crippen molar-refractivity contribution in [1.82, 2.24) is 4.72 Å². The Hall–Kier alpha value is -2.62. The Morgan fingerprint density at radius 2 is 1.52 bits per heavy atom. The summed E-state index contributed by atoms with van der Waals surface area (Å²) in [6.45, 7) is 6.98. The molecule has 168 valence electrons. The molecule has 0 aliphatic rings. The van der Waals surface area contributed by atoms with E-state index in [1.54, 1.807) is 39.8 Å². The van der Waals surface area contributed by atoms with Crippen molar-refractivity contribution in [1.29, 1.82) is 0 Å². The van der Waals surface area contributed by atoms with Gasteiger partial charge in [0, 0.05) is 13.2 Å². The summed E-state index contributed by atoms with van der Waals surface area (Å²) in [6.07, 6.45) is 0.317. The van der Waals surface area contributed by atoms with Gasteiger partial charge in [-0.1, -0.05) is 18.2 Å². The molecule has 0 atom stereocenters. The number of carbonyl (C=O) groups is 1. The highest BCUT2D eigenvalue weighted by atomic mass is 32.2. The molecule has 0 aliphatic carbocycles. The van der Waals surface area contributed by atoms with Crippen LogP contribution in [0.5, 0.6) is 0 Å². The molecule has 2 aromatic rings. The maximum atomic E-state index is 12.6. The van der Waals surface area contributed by atoms with E-state index < -0.39 is 27.0 Å². The number of benzene rings is 2. The summed E-state index contributed by atoms with van der Waals surface area (Å²) in [5.74, 6) is -0.902. The molecule has 0 aliphatic heterocycles. The highest BCUT2D eigenvalue weighted by Crippen LogP contribution is 2.23. The van der Waals surface area contributed by atoms with E-state index in [4.69, 9.17) is 9.84 Å². The quantitative estimate of drug-likeness (QED) is 0.485. The van der Waals surface area contributed by atoms with Gasteiger partial charge in [-0.2, -0.15) is 10.2 Å². The number of carboxylic acid groups (broad SMARTS) is 1. The van der Waals surface area contributed by atoms with Crippen LogP contribution in [-0.4, -0.2) is 38.2 Å². The first kappa shape index (κ1) is 24.6. The number of nitrogens with zero attached hydrogens (tertiary/aromatic N) is 2. The third kappa shape index (κ3) is 7.86. The molecular formula is C22H29N3O5S. The van der Waals surface area contributed by atoms with Gasteiger partial charge in [0.2, 0.25) is 10.0 Å². The third-order valence-corrected chi connectivity index (χ3v) is 6.09. The van der Waals surface area contributed by atoms with E-state index in [1.165, 1.54) is 12.1 Å². The summed E-state index contributed by atoms with van der Waals surface area (Å²) >= 11 is 0. The topological polar surface area (TPSA) is 117 Å². The maximum Gasteiger partial charge on any atom is 0.309 e. The molecule has 0 spiro atoms. The van der Waals surface area contributed by atoms with E-state index in [9.17, 15) is 13.2 Å². The Balaban J connectivity index is 1.92. The second-order valence-electron chi connectivity index (χ2n) is 8.40. The minimum absolute atomic E-state index is 0.0400. The molecule has 8 nitrogen and oxygen atoms in total. The first-order valence-electron chi connectivity index (χ1n) is 9.85. The van der Waals surface area contributed by atoms with Crippen molar-refractivity contribution in [3.63, 3.8) is 0 Å². The Kier molecular flexibility index (Phi) is 8.05. The lowest BCUT2D eigenvalue weighted by Crippen LogP contribution is -2.41. The average Bonchev–Trinajstić information content (AvgIpc) is 2.72. The molecule has 0 saturated carbocycles. The molecule has 9 heteroatoms. The number of ether oxygens (including phenoxy) is 1. The average molecular weight is 448 g/mol. The van der Waals surface area contributed by atoms with Crippen LogP contribution in [0.1, 0.15) is 34.1 Å². The van der Waals surface area contributed by atoms with Crippen LogP contribution < -0.4 is 4.72 Å². The van der Waals surface area contributed by atoms with Crippen molar-refractivity contribution in [2.24, 2.45) is 15.6 Å². The molecule has 0 amide bonds. The fraction of sp³-hybridized carbons (Fsp3) is 0.409. The van der Waals surface area contributed by atoms with Crippen LogP contribution in [0, 0.1) is 5.41 Å². The number of sulfonamides is 1. The van der Waals surface area contributed by atoms with Gasteiger partial charge in [0.1, 0.15) is 0 Å². The van der Waals surface area contributed by atoms with Crippen LogP contribution in [0.25, 0.3) is 0 Å². The summed E-state index contributed by atoms with van der Waals surface area (Å²) in [5, 5.41) is 17.4. The molecule has 0 unspecified atom stereocenters. The van der Waals surface area contributed by atoms with E-state index in [1.807, 2.05) is 30.3 Å². The summed E-state index contributed by atoms with van der Waals surface area (Å²) in [5.41, 5.74) is -0.469. The third-order valence-electron chi connectivity index (χ3n) is 4.67. The summed E-state index contributed by atoms with van der Waals surface area (Å²) < 4.78 is 33.4. The lowest BCUT2D eigenvalue weighted by Gasteiger charge is -2.28. The number of rotatable bonds is 11. The molecule has 0 heterocycles. The van der Waals surface area contributed by atoms with Gasteiger partial charge in [-0.05, 0) is 70.5 Å². The largest absolute Gasteiger partial charge is 0.481 e. The van der Waals surface area contributed by atoms with Crippen molar-refractivity contribution in [2.75, 3.05) is 13.2 Å². The summed E-state index contributed by atoms with van der Waals surface area (Å²) in [4.78, 5) is 11.3. The van der Waals surface area contributed by atoms with Crippen LogP contribution in [0.2, 0.25) is 0 Å². The first-order chi connectivity index (χ1) is 14.4. The van der Waals surface area contributed by atoms with Crippen LogP contribution in [0.15, 0.2) is 69.7 Å². The second kappa shape index (κ2) is 10.1. The molecule has 2 N–H and O–H groups in total. The predicted molar refractivity (Wildman–Crippen MR) is 118 cm³/mol. The van der Waals surface area contributed by atoms with Crippen molar-refractivity contribution >= 4 is 27.4 Å². The second-order valence-corrected chi connectivity index (χ2v) is 10.2. The molecule has 31 heavy (non-hydrogen) atoms. The van der Waals surface area contributed by atoms with Gasteiger partial charge < -0.3 is 9.84 Å². The van der Waals surface area contributed by atoms with Crippen LogP contribution >= 0.6 is 0 Å². The highest BCUT2D eigenvalue weighted by molar-refractivity contribution is 7.89. The van der Waals surface area contributed by atoms with Gasteiger partial charge in [-0.25, -0.2) is 13.1 Å². The fourth-order valence-corrected chi connectivity index (χ4v) is 3.59. The monoisotopic (exact) mass is 447 g/mol. The first-order valence-corrected chi connectivity index (χ1v) is 11.3. The minimum atomic E-state index is -3.74. The van der Waals surface area contributed by atoms with Gasteiger partial charge in [-0.15, -0.1) is 0 Å². The van der Waals surface area contributed by atoms with Crippen molar-refractivity contribution in [3.05, 3.63) is 54.6 Å². The molecular weight excluding hydrogens is 418 g/mol. The van der Waals surface area contributed by atoms with Crippen molar-refractivity contribution in [3.8, 4) is 0 Å². The zero-order chi connectivity index (χ0) is 23.1. The number of carboxylic acids is 1. The molecule has 0 bridgehead atoms. The fourth-order valence-electron chi connectivity index (χ4n) is 2.39. The summed E-state index contributed by atoms with van der Waals surface area (Å²) in [6, 6.07) is 15.3. The number of hydrogen-bond acceptors (Lipinski definition) is 6. The standard InChI is InChI=1S/C22H29N3O5S/c1-21(2,20(26)27)14-15-30-22(3,4)16-23-31(28,29)19-12-10-18(11-13-19)25-24-17-8-6-5-7-9-17/h5-13,23H,14-16H2,1-4H3,(H,26,27)/b25-24+. The van der Waals surface area contributed by atoms with E-state index in [0.29, 0.717) is 17.8 Å². The number of aliphatic carboxylic acids is 1. The minimum Gasteiger partial charge on any atom is -0.481 e. The van der Waals surface area contributed by atoms with Gasteiger partial charge in [0.05, 0.1) is 27.3 Å². The van der Waals surface area contributed by atoms with E-state index in [-0.39, 0.29) is 18.0 Å². The molecule has 2 rings (SSSR count). The molecule has 2 aromatic carbocycles. The van der Waals surface area contributed by atoms with Crippen LogP contribution in [-0.2, 0) is 19.6 Å². The lowest BCUT2D eigenvalue weighted by atomic mass is 9.90. The van der Waals surface area contributed by atoms with Crippen molar-refractivity contribution in [2.45, 2.75) is 44.6 Å². The van der Waals surface area contributed by atoms with Crippen molar-refractivity contribution < 1.29 is 23.1 Å².